The molecule has 1 fully saturated rings. The first kappa shape index (κ1) is 15.1. The molecule has 0 radical (unpaired) electrons. The zero-order valence-corrected chi connectivity index (χ0v) is 12.6. The van der Waals surface area contributed by atoms with Crippen molar-refractivity contribution in [3.05, 3.63) is 23.8 Å². The molecule has 1 heterocycles. The summed E-state index contributed by atoms with van der Waals surface area (Å²) in [5.41, 5.74) is 2.30. The Labute approximate surface area is 121 Å². The largest absolute Gasteiger partial charge is 0.489 e. The van der Waals surface area contributed by atoms with Crippen LogP contribution in [0.3, 0.4) is 0 Å². The standard InChI is InChI=1S/C16H26N2O2/c1-13-3-4-15(16(11-13)20-10-9-19-2)18-12-14-5-7-17-8-6-14/h3-4,11,14,17-18H,5-10,12H2,1-2H3. The van der Waals surface area contributed by atoms with Gasteiger partial charge in [-0.05, 0) is 56.5 Å². The second-order valence-corrected chi connectivity index (χ2v) is 5.42. The highest BCUT2D eigenvalue weighted by atomic mass is 16.5. The summed E-state index contributed by atoms with van der Waals surface area (Å²) >= 11 is 0. The highest BCUT2D eigenvalue weighted by molar-refractivity contribution is 5.57. The molecule has 1 aromatic rings. The average Bonchev–Trinajstić information content (AvgIpc) is 2.48. The van der Waals surface area contributed by atoms with Crippen LogP contribution in [0.25, 0.3) is 0 Å². The molecule has 2 rings (SSSR count). The lowest BCUT2D eigenvalue weighted by Crippen LogP contribution is -2.31. The molecule has 0 spiro atoms. The van der Waals surface area contributed by atoms with Gasteiger partial charge in [-0.15, -0.1) is 0 Å². The van der Waals surface area contributed by atoms with Gasteiger partial charge >= 0.3 is 0 Å². The SMILES string of the molecule is COCCOc1cc(C)ccc1NCC1CCNCC1. The summed E-state index contributed by atoms with van der Waals surface area (Å²) in [7, 11) is 1.69. The number of methoxy groups -OCH3 is 1. The van der Waals surface area contributed by atoms with E-state index in [2.05, 4.69) is 35.8 Å². The lowest BCUT2D eigenvalue weighted by Gasteiger charge is -2.24. The molecule has 4 nitrogen and oxygen atoms in total. The van der Waals surface area contributed by atoms with Gasteiger partial charge in [0.05, 0.1) is 12.3 Å². The first-order chi connectivity index (χ1) is 9.79. The average molecular weight is 278 g/mol. The summed E-state index contributed by atoms with van der Waals surface area (Å²) in [5, 5.41) is 6.94. The minimum absolute atomic E-state index is 0.585. The van der Waals surface area contributed by atoms with E-state index in [0.29, 0.717) is 13.2 Å². The third kappa shape index (κ3) is 4.69. The van der Waals surface area contributed by atoms with Crippen LogP contribution in [0.2, 0.25) is 0 Å². The minimum atomic E-state index is 0.585. The molecule has 20 heavy (non-hydrogen) atoms. The summed E-state index contributed by atoms with van der Waals surface area (Å²) in [5.74, 6) is 1.68. The number of hydrogen-bond donors (Lipinski definition) is 2. The lowest BCUT2D eigenvalue weighted by molar-refractivity contribution is 0.146. The third-order valence-corrected chi connectivity index (χ3v) is 3.72. The van der Waals surface area contributed by atoms with Crippen molar-refractivity contribution in [3.8, 4) is 5.75 Å². The molecule has 0 aliphatic carbocycles. The summed E-state index contributed by atoms with van der Waals surface area (Å²) in [4.78, 5) is 0. The van der Waals surface area contributed by atoms with Crippen LogP contribution in [-0.2, 0) is 4.74 Å². The normalized spacial score (nSPS) is 16.1. The Morgan fingerprint density at radius 2 is 2.05 bits per heavy atom. The molecule has 1 aromatic carbocycles. The number of anilines is 1. The first-order valence-electron chi connectivity index (χ1n) is 7.46. The Hall–Kier alpha value is -1.26. The minimum Gasteiger partial charge on any atom is -0.489 e. The third-order valence-electron chi connectivity index (χ3n) is 3.72. The molecule has 1 aliphatic heterocycles. The van der Waals surface area contributed by atoms with Crippen LogP contribution in [-0.4, -0.2) is 40.0 Å². The van der Waals surface area contributed by atoms with E-state index >= 15 is 0 Å². The molecule has 1 aliphatic rings. The van der Waals surface area contributed by atoms with E-state index in [1.54, 1.807) is 7.11 Å². The zero-order valence-electron chi connectivity index (χ0n) is 12.6. The fourth-order valence-electron chi connectivity index (χ4n) is 2.47. The van der Waals surface area contributed by atoms with Crippen molar-refractivity contribution in [2.24, 2.45) is 5.92 Å². The van der Waals surface area contributed by atoms with Crippen molar-refractivity contribution < 1.29 is 9.47 Å². The van der Waals surface area contributed by atoms with Gasteiger partial charge in [-0.1, -0.05) is 6.07 Å². The topological polar surface area (TPSA) is 42.5 Å². The van der Waals surface area contributed by atoms with E-state index < -0.39 is 0 Å². The summed E-state index contributed by atoms with van der Waals surface area (Å²) < 4.78 is 10.8. The molecule has 0 saturated carbocycles. The van der Waals surface area contributed by atoms with Gasteiger partial charge in [0.15, 0.2) is 0 Å². The number of nitrogens with one attached hydrogen (secondary N) is 2. The van der Waals surface area contributed by atoms with Crippen LogP contribution in [0.1, 0.15) is 18.4 Å². The van der Waals surface area contributed by atoms with E-state index in [1.165, 1.54) is 18.4 Å². The summed E-state index contributed by atoms with van der Waals surface area (Å²) in [6, 6.07) is 6.31. The Morgan fingerprint density at radius 3 is 2.80 bits per heavy atom. The number of piperidine rings is 1. The monoisotopic (exact) mass is 278 g/mol. The van der Waals surface area contributed by atoms with Crippen LogP contribution < -0.4 is 15.4 Å². The van der Waals surface area contributed by atoms with Gasteiger partial charge in [0, 0.05) is 13.7 Å². The first-order valence-corrected chi connectivity index (χ1v) is 7.46. The Balaban J connectivity index is 1.91. The van der Waals surface area contributed by atoms with Gasteiger partial charge in [0.25, 0.3) is 0 Å². The van der Waals surface area contributed by atoms with Crippen LogP contribution >= 0.6 is 0 Å². The fourth-order valence-corrected chi connectivity index (χ4v) is 2.47. The van der Waals surface area contributed by atoms with Crippen molar-refractivity contribution in [2.75, 3.05) is 45.3 Å². The predicted molar refractivity (Wildman–Crippen MR) is 82.6 cm³/mol. The van der Waals surface area contributed by atoms with Crippen molar-refractivity contribution in [1.82, 2.24) is 5.32 Å². The van der Waals surface area contributed by atoms with Gasteiger partial charge in [-0.25, -0.2) is 0 Å². The zero-order chi connectivity index (χ0) is 14.2. The highest BCUT2D eigenvalue weighted by Crippen LogP contribution is 2.26. The smallest absolute Gasteiger partial charge is 0.142 e. The lowest BCUT2D eigenvalue weighted by atomic mass is 9.98. The van der Waals surface area contributed by atoms with E-state index in [4.69, 9.17) is 9.47 Å². The van der Waals surface area contributed by atoms with Crippen LogP contribution in [0.4, 0.5) is 5.69 Å². The van der Waals surface area contributed by atoms with Gasteiger partial charge < -0.3 is 20.1 Å². The molecular weight excluding hydrogens is 252 g/mol. The van der Waals surface area contributed by atoms with E-state index in [-0.39, 0.29) is 0 Å². The summed E-state index contributed by atoms with van der Waals surface area (Å²) in [6.45, 7) is 6.57. The molecule has 2 N–H and O–H groups in total. The maximum Gasteiger partial charge on any atom is 0.142 e. The second-order valence-electron chi connectivity index (χ2n) is 5.42. The van der Waals surface area contributed by atoms with Crippen LogP contribution in [0, 0.1) is 12.8 Å². The molecule has 112 valence electrons. The number of benzene rings is 1. The molecule has 1 saturated heterocycles. The van der Waals surface area contributed by atoms with Crippen molar-refractivity contribution >= 4 is 5.69 Å². The molecule has 0 bridgehead atoms. The number of rotatable bonds is 7. The quantitative estimate of drug-likeness (QED) is 0.752. The van der Waals surface area contributed by atoms with Crippen molar-refractivity contribution in [2.45, 2.75) is 19.8 Å². The van der Waals surface area contributed by atoms with Crippen LogP contribution in [0.15, 0.2) is 18.2 Å². The Kier molecular flexibility index (Phi) is 6.15. The van der Waals surface area contributed by atoms with Crippen molar-refractivity contribution in [1.29, 1.82) is 0 Å². The molecule has 0 atom stereocenters. The molecule has 0 amide bonds. The maximum atomic E-state index is 5.80. The second kappa shape index (κ2) is 8.12. The van der Waals surface area contributed by atoms with Crippen LogP contribution in [0.5, 0.6) is 5.75 Å². The molecule has 0 aromatic heterocycles. The highest BCUT2D eigenvalue weighted by Gasteiger charge is 2.13. The number of ether oxygens (including phenoxy) is 2. The fraction of sp³-hybridized carbons (Fsp3) is 0.625. The van der Waals surface area contributed by atoms with Gasteiger partial charge in [-0.3, -0.25) is 0 Å². The molecule has 4 heteroatoms. The Morgan fingerprint density at radius 1 is 1.25 bits per heavy atom. The Bertz CT molecular complexity index is 403. The predicted octanol–water partition coefficient (Wildman–Crippen LogP) is 2.43. The number of aryl methyl sites for hydroxylation is 1. The van der Waals surface area contributed by atoms with E-state index in [1.807, 2.05) is 0 Å². The van der Waals surface area contributed by atoms with E-state index in [0.717, 1.165) is 37.0 Å². The van der Waals surface area contributed by atoms with E-state index in [9.17, 15) is 0 Å². The van der Waals surface area contributed by atoms with Gasteiger partial charge in [0.2, 0.25) is 0 Å². The van der Waals surface area contributed by atoms with Gasteiger partial charge in [-0.2, -0.15) is 0 Å². The maximum absolute atomic E-state index is 5.80. The summed E-state index contributed by atoms with van der Waals surface area (Å²) in [6.07, 6.45) is 2.50. The number of hydrogen-bond acceptors (Lipinski definition) is 4. The molecular formula is C16H26N2O2. The van der Waals surface area contributed by atoms with Crippen molar-refractivity contribution in [3.63, 3.8) is 0 Å². The molecule has 0 unspecified atom stereocenters. The van der Waals surface area contributed by atoms with Gasteiger partial charge in [0.1, 0.15) is 12.4 Å².